The fraction of sp³-hybridized carbons (Fsp3) is 0.400. The number of nitrogens with one attached hydrogen (secondary N) is 1. The van der Waals surface area contributed by atoms with Gasteiger partial charge in [0.2, 0.25) is 5.95 Å². The van der Waals surface area contributed by atoms with E-state index in [1.54, 1.807) is 6.26 Å². The van der Waals surface area contributed by atoms with Crippen molar-refractivity contribution >= 4 is 16.7 Å². The maximum atomic E-state index is 11.2. The van der Waals surface area contributed by atoms with Crippen LogP contribution in [0, 0.1) is 6.92 Å². The highest BCUT2D eigenvalue weighted by molar-refractivity contribution is 7.84. The standard InChI is InChI=1S/C15H21N3OS/c1-12(9-10-20(3)19)16-15-17-13(2)11-18(15)14-7-5-4-6-8-14/h4-8,11-12H,9-10H2,1-3H3,(H,16,17). The molecule has 1 aromatic carbocycles. The minimum atomic E-state index is -0.747. The van der Waals surface area contributed by atoms with Crippen LogP contribution in [0.4, 0.5) is 5.95 Å². The van der Waals surface area contributed by atoms with Crippen molar-refractivity contribution < 1.29 is 4.21 Å². The van der Waals surface area contributed by atoms with Crippen molar-refractivity contribution in [2.24, 2.45) is 0 Å². The third-order valence-corrected chi connectivity index (χ3v) is 3.89. The molecule has 0 saturated heterocycles. The van der Waals surface area contributed by atoms with Gasteiger partial charge in [-0.25, -0.2) is 4.98 Å². The van der Waals surface area contributed by atoms with Gasteiger partial charge in [-0.15, -0.1) is 0 Å². The SMILES string of the molecule is Cc1cn(-c2ccccc2)c(NC(C)CCS(C)=O)n1. The first-order valence-corrected chi connectivity index (χ1v) is 8.47. The number of para-hydroxylation sites is 1. The monoisotopic (exact) mass is 291 g/mol. The number of imidazole rings is 1. The van der Waals surface area contributed by atoms with E-state index in [1.165, 1.54) is 0 Å². The molecule has 0 bridgehead atoms. The third-order valence-electron chi connectivity index (χ3n) is 3.07. The molecule has 0 aliphatic carbocycles. The Bertz CT molecular complexity index is 580. The van der Waals surface area contributed by atoms with Crippen molar-refractivity contribution in [2.45, 2.75) is 26.3 Å². The molecule has 1 heterocycles. The molecule has 0 fully saturated rings. The van der Waals surface area contributed by atoms with Gasteiger partial charge in [-0.05, 0) is 32.4 Å². The number of benzene rings is 1. The van der Waals surface area contributed by atoms with E-state index in [2.05, 4.69) is 33.9 Å². The first kappa shape index (κ1) is 14.8. The van der Waals surface area contributed by atoms with Crippen LogP contribution < -0.4 is 5.32 Å². The van der Waals surface area contributed by atoms with Crippen LogP contribution in [0.15, 0.2) is 36.5 Å². The summed E-state index contributed by atoms with van der Waals surface area (Å²) in [6.07, 6.45) is 4.62. The van der Waals surface area contributed by atoms with Crippen LogP contribution in [0.1, 0.15) is 19.0 Å². The zero-order valence-electron chi connectivity index (χ0n) is 12.2. The van der Waals surface area contributed by atoms with Crippen LogP contribution in [0.5, 0.6) is 0 Å². The molecule has 2 rings (SSSR count). The minimum absolute atomic E-state index is 0.239. The Morgan fingerprint density at radius 1 is 1.35 bits per heavy atom. The fourth-order valence-corrected chi connectivity index (χ4v) is 2.71. The maximum Gasteiger partial charge on any atom is 0.207 e. The average Bonchev–Trinajstić information content (AvgIpc) is 2.78. The maximum absolute atomic E-state index is 11.2. The van der Waals surface area contributed by atoms with E-state index in [1.807, 2.05) is 31.3 Å². The Kier molecular flexibility index (Phi) is 4.95. The van der Waals surface area contributed by atoms with Crippen LogP contribution >= 0.6 is 0 Å². The molecule has 2 unspecified atom stereocenters. The van der Waals surface area contributed by atoms with Crippen molar-refractivity contribution in [3.05, 3.63) is 42.2 Å². The van der Waals surface area contributed by atoms with Gasteiger partial charge in [-0.1, -0.05) is 18.2 Å². The van der Waals surface area contributed by atoms with Gasteiger partial charge in [-0.3, -0.25) is 8.78 Å². The van der Waals surface area contributed by atoms with E-state index in [0.29, 0.717) is 5.75 Å². The summed E-state index contributed by atoms with van der Waals surface area (Å²) in [7, 11) is -0.747. The third kappa shape index (κ3) is 3.93. The number of aromatic nitrogens is 2. The highest BCUT2D eigenvalue weighted by Gasteiger charge is 2.10. The predicted molar refractivity (Wildman–Crippen MR) is 84.9 cm³/mol. The van der Waals surface area contributed by atoms with E-state index in [-0.39, 0.29) is 6.04 Å². The molecule has 1 aromatic heterocycles. The van der Waals surface area contributed by atoms with Crippen LogP contribution in [0.25, 0.3) is 5.69 Å². The molecule has 4 nitrogen and oxygen atoms in total. The van der Waals surface area contributed by atoms with Gasteiger partial charge < -0.3 is 5.32 Å². The summed E-state index contributed by atoms with van der Waals surface area (Å²) in [5, 5.41) is 3.40. The summed E-state index contributed by atoms with van der Waals surface area (Å²) in [5.41, 5.74) is 2.06. The van der Waals surface area contributed by atoms with E-state index < -0.39 is 10.8 Å². The Morgan fingerprint density at radius 3 is 2.70 bits per heavy atom. The zero-order valence-corrected chi connectivity index (χ0v) is 13.0. The van der Waals surface area contributed by atoms with Gasteiger partial charge in [-0.2, -0.15) is 0 Å². The molecular formula is C15H21N3OS. The van der Waals surface area contributed by atoms with Gasteiger partial charge in [0.05, 0.1) is 5.69 Å². The number of rotatable bonds is 6. The molecular weight excluding hydrogens is 270 g/mol. The number of hydrogen-bond donors (Lipinski definition) is 1. The average molecular weight is 291 g/mol. The molecule has 0 saturated carbocycles. The lowest BCUT2D eigenvalue weighted by Crippen LogP contribution is -2.20. The summed E-state index contributed by atoms with van der Waals surface area (Å²) < 4.78 is 13.2. The molecule has 5 heteroatoms. The lowest BCUT2D eigenvalue weighted by molar-refractivity contribution is 0.677. The number of hydrogen-bond acceptors (Lipinski definition) is 3. The van der Waals surface area contributed by atoms with Crippen molar-refractivity contribution in [2.75, 3.05) is 17.3 Å². The Balaban J connectivity index is 2.14. The number of nitrogens with zero attached hydrogens (tertiary/aromatic N) is 2. The van der Waals surface area contributed by atoms with Crippen LogP contribution in [0.3, 0.4) is 0 Å². The molecule has 2 aromatic rings. The summed E-state index contributed by atoms with van der Waals surface area (Å²) in [6, 6.07) is 10.4. The Labute approximate surface area is 122 Å². The number of anilines is 1. The quantitative estimate of drug-likeness (QED) is 0.890. The second kappa shape index (κ2) is 6.70. The van der Waals surface area contributed by atoms with Crippen LogP contribution in [-0.2, 0) is 10.8 Å². The fourth-order valence-electron chi connectivity index (χ4n) is 2.02. The smallest absolute Gasteiger partial charge is 0.207 e. The lowest BCUT2D eigenvalue weighted by atomic mass is 10.3. The lowest BCUT2D eigenvalue weighted by Gasteiger charge is -2.15. The molecule has 1 N–H and O–H groups in total. The molecule has 0 amide bonds. The summed E-state index contributed by atoms with van der Waals surface area (Å²) in [6.45, 7) is 4.07. The van der Waals surface area contributed by atoms with Crippen LogP contribution in [0.2, 0.25) is 0 Å². The Hall–Kier alpha value is -1.62. The van der Waals surface area contributed by atoms with Crippen molar-refractivity contribution in [3.63, 3.8) is 0 Å². The highest BCUT2D eigenvalue weighted by atomic mass is 32.2. The van der Waals surface area contributed by atoms with Gasteiger partial charge in [0.25, 0.3) is 0 Å². The van der Waals surface area contributed by atoms with Gasteiger partial charge in [0.15, 0.2) is 0 Å². The van der Waals surface area contributed by atoms with E-state index in [4.69, 9.17) is 0 Å². The Morgan fingerprint density at radius 2 is 2.05 bits per heavy atom. The molecule has 0 radical (unpaired) electrons. The van der Waals surface area contributed by atoms with Gasteiger partial charge in [0.1, 0.15) is 0 Å². The molecule has 0 spiro atoms. The predicted octanol–water partition coefficient (Wildman–Crippen LogP) is 2.75. The molecule has 20 heavy (non-hydrogen) atoms. The number of aryl methyl sites for hydroxylation is 1. The summed E-state index contributed by atoms with van der Waals surface area (Å²) in [4.78, 5) is 4.53. The van der Waals surface area contributed by atoms with E-state index >= 15 is 0 Å². The zero-order chi connectivity index (χ0) is 14.5. The molecule has 2 atom stereocenters. The second-order valence-corrected chi connectivity index (χ2v) is 6.58. The molecule has 108 valence electrons. The first-order valence-electron chi connectivity index (χ1n) is 6.74. The van der Waals surface area contributed by atoms with E-state index in [0.717, 1.165) is 23.8 Å². The first-order chi connectivity index (χ1) is 9.56. The topological polar surface area (TPSA) is 46.9 Å². The van der Waals surface area contributed by atoms with Gasteiger partial charge >= 0.3 is 0 Å². The highest BCUT2D eigenvalue weighted by Crippen LogP contribution is 2.17. The van der Waals surface area contributed by atoms with E-state index in [9.17, 15) is 4.21 Å². The minimum Gasteiger partial charge on any atom is -0.353 e. The largest absolute Gasteiger partial charge is 0.353 e. The van der Waals surface area contributed by atoms with Crippen molar-refractivity contribution in [3.8, 4) is 5.69 Å². The molecule has 0 aliphatic heterocycles. The second-order valence-electron chi connectivity index (χ2n) is 5.02. The molecule has 0 aliphatic rings. The van der Waals surface area contributed by atoms with Crippen molar-refractivity contribution in [1.29, 1.82) is 0 Å². The van der Waals surface area contributed by atoms with Crippen molar-refractivity contribution in [1.82, 2.24) is 9.55 Å². The normalized spacial score (nSPS) is 13.9. The van der Waals surface area contributed by atoms with Gasteiger partial charge in [0, 0.05) is 40.7 Å². The summed E-state index contributed by atoms with van der Waals surface area (Å²) in [5.74, 6) is 1.54. The van der Waals surface area contributed by atoms with Crippen LogP contribution in [-0.4, -0.2) is 31.8 Å². The summed E-state index contributed by atoms with van der Waals surface area (Å²) >= 11 is 0.